The van der Waals surface area contributed by atoms with Gasteiger partial charge in [0.2, 0.25) is 0 Å². The summed E-state index contributed by atoms with van der Waals surface area (Å²) in [5.41, 5.74) is 1.10. The zero-order valence-electron chi connectivity index (χ0n) is 13.0. The predicted molar refractivity (Wildman–Crippen MR) is 85.7 cm³/mol. The Morgan fingerprint density at radius 3 is 2.30 bits per heavy atom. The average molecular weight is 385 g/mol. The fourth-order valence-corrected chi connectivity index (χ4v) is 5.91. The number of ether oxygens (including phenoxy) is 2. The second-order valence-electron chi connectivity index (χ2n) is 6.02. The van der Waals surface area contributed by atoms with Crippen molar-refractivity contribution in [3.63, 3.8) is 0 Å². The van der Waals surface area contributed by atoms with Gasteiger partial charge in [-0.2, -0.15) is 0 Å². The molecule has 20 heavy (non-hydrogen) atoms. The minimum absolute atomic E-state index is 0.0732. The molecule has 1 atom stereocenters. The number of hydrogen-bond donors (Lipinski definition) is 1. The molecule has 0 aliphatic heterocycles. The van der Waals surface area contributed by atoms with Gasteiger partial charge in [-0.3, -0.25) is 0 Å². The molecule has 0 bridgehead atoms. The third kappa shape index (κ3) is 5.46. The summed E-state index contributed by atoms with van der Waals surface area (Å²) in [5.74, 6) is 0.918. The molecule has 0 amide bonds. The second-order valence-corrected chi connectivity index (χ2v) is 20.7. The van der Waals surface area contributed by atoms with E-state index < -0.39 is 18.4 Å². The van der Waals surface area contributed by atoms with Gasteiger partial charge in [0.05, 0.1) is 0 Å². The molecule has 1 N–H and O–H groups in total. The molecule has 0 spiro atoms. The van der Waals surface area contributed by atoms with E-state index in [1.54, 1.807) is 7.11 Å². The maximum atomic E-state index is 9.50. The van der Waals surface area contributed by atoms with Gasteiger partial charge in [0.25, 0.3) is 0 Å². The van der Waals surface area contributed by atoms with Crippen LogP contribution in [0, 0.1) is 5.92 Å². The van der Waals surface area contributed by atoms with E-state index in [2.05, 4.69) is 21.4 Å². The van der Waals surface area contributed by atoms with Crippen molar-refractivity contribution in [2.45, 2.75) is 21.4 Å². The van der Waals surface area contributed by atoms with E-state index in [-0.39, 0.29) is 12.5 Å². The Morgan fingerprint density at radius 1 is 1.25 bits per heavy atom. The van der Waals surface area contributed by atoms with Gasteiger partial charge in [0, 0.05) is 0 Å². The molecule has 0 fully saturated rings. The molecule has 1 rings (SSSR count). The van der Waals surface area contributed by atoms with Crippen molar-refractivity contribution >= 4 is 18.4 Å². The first-order valence-electron chi connectivity index (χ1n) is 6.89. The molecule has 0 saturated heterocycles. The van der Waals surface area contributed by atoms with Crippen LogP contribution in [0.5, 0.6) is 5.75 Å². The van der Waals surface area contributed by atoms with Crippen LogP contribution in [-0.2, 0) is 11.3 Å². The van der Waals surface area contributed by atoms with Crippen LogP contribution in [0.15, 0.2) is 34.4 Å². The molecule has 0 radical (unpaired) electrons. The number of aliphatic hydroxyl groups is 1. The molecule has 1 aromatic rings. The van der Waals surface area contributed by atoms with E-state index in [9.17, 15) is 5.11 Å². The molecule has 0 unspecified atom stereocenters. The summed E-state index contributed by atoms with van der Waals surface area (Å²) in [5, 5.41) is 9.50. The van der Waals surface area contributed by atoms with E-state index in [0.29, 0.717) is 13.2 Å². The van der Waals surface area contributed by atoms with Gasteiger partial charge < -0.3 is 0 Å². The Labute approximate surface area is 126 Å². The van der Waals surface area contributed by atoms with Crippen LogP contribution in [0.1, 0.15) is 5.56 Å². The van der Waals surface area contributed by atoms with Crippen LogP contribution >= 0.6 is 0 Å². The number of rotatable bonds is 8. The summed E-state index contributed by atoms with van der Waals surface area (Å²) in [6, 6.07) is 7.83. The molecule has 1 aromatic carbocycles. The molecule has 0 aliphatic carbocycles. The molecule has 0 heterocycles. The fraction of sp³-hybridized carbons (Fsp3) is 0.500. The first kappa shape index (κ1) is 17.5. The van der Waals surface area contributed by atoms with E-state index >= 15 is 0 Å². The van der Waals surface area contributed by atoms with E-state index in [1.165, 1.54) is 3.59 Å². The molecule has 112 valence electrons. The van der Waals surface area contributed by atoms with Gasteiger partial charge in [0.15, 0.2) is 0 Å². The van der Waals surface area contributed by atoms with Crippen LogP contribution in [0.25, 0.3) is 0 Å². The van der Waals surface area contributed by atoms with Crippen molar-refractivity contribution in [3.05, 3.63) is 40.0 Å². The number of aliphatic hydroxyl groups excluding tert-OH is 1. The maximum absolute atomic E-state index is 9.50. The Balaban J connectivity index is 2.47. The predicted octanol–water partition coefficient (Wildman–Crippen LogP) is 3.25. The van der Waals surface area contributed by atoms with Gasteiger partial charge in [-0.25, -0.2) is 0 Å². The van der Waals surface area contributed by atoms with Crippen LogP contribution in [-0.4, -0.2) is 43.8 Å². The summed E-state index contributed by atoms with van der Waals surface area (Å²) in [7, 11) is 1.65. The van der Waals surface area contributed by atoms with Crippen molar-refractivity contribution in [1.82, 2.24) is 0 Å². The quantitative estimate of drug-likeness (QED) is 0.699. The normalized spacial score (nSPS) is 13.1. The van der Waals surface area contributed by atoms with E-state index in [4.69, 9.17) is 9.47 Å². The van der Waals surface area contributed by atoms with E-state index in [0.717, 1.165) is 11.3 Å². The Hall–Kier alpha value is -0.521. The zero-order valence-corrected chi connectivity index (χ0v) is 15.8. The summed E-state index contributed by atoms with van der Waals surface area (Å²) in [6.07, 6.45) is 0. The van der Waals surface area contributed by atoms with Crippen molar-refractivity contribution in [2.75, 3.05) is 20.3 Å². The summed E-state index contributed by atoms with van der Waals surface area (Å²) in [4.78, 5) is 6.93. The molecule has 4 heteroatoms. The van der Waals surface area contributed by atoms with Crippen LogP contribution < -0.4 is 4.74 Å². The molecular weight excluding hydrogens is 359 g/mol. The standard InChI is InChI=1S/C13H17O3.3CH3.Sn/c1-3-11(8-14)9-16-10-12-4-6-13(15-2)7-5-12;;;;/h4-7,11,14H,1,8-10H2,2H3;3*1H3;/t11-;;;;/m0..../s1. The topological polar surface area (TPSA) is 38.7 Å². The van der Waals surface area contributed by atoms with Gasteiger partial charge in [-0.05, 0) is 0 Å². The fourth-order valence-electron chi connectivity index (χ4n) is 1.92. The monoisotopic (exact) mass is 386 g/mol. The molecule has 0 aliphatic rings. The van der Waals surface area contributed by atoms with E-state index in [1.807, 2.05) is 24.3 Å². The Bertz CT molecular complexity index is 420. The van der Waals surface area contributed by atoms with Crippen LogP contribution in [0.2, 0.25) is 14.8 Å². The first-order valence-corrected chi connectivity index (χ1v) is 16.9. The molecule has 0 saturated carbocycles. The van der Waals surface area contributed by atoms with Crippen molar-refractivity contribution < 1.29 is 14.6 Å². The van der Waals surface area contributed by atoms with Crippen LogP contribution in [0.4, 0.5) is 0 Å². The van der Waals surface area contributed by atoms with Crippen LogP contribution in [0.3, 0.4) is 0 Å². The van der Waals surface area contributed by atoms with Gasteiger partial charge in [0.1, 0.15) is 0 Å². The van der Waals surface area contributed by atoms with Gasteiger partial charge in [-0.15, -0.1) is 0 Å². The van der Waals surface area contributed by atoms with Crippen molar-refractivity contribution in [3.8, 4) is 5.75 Å². The van der Waals surface area contributed by atoms with Gasteiger partial charge >= 0.3 is 126 Å². The molecule has 3 nitrogen and oxygen atoms in total. The number of hydrogen-bond acceptors (Lipinski definition) is 3. The number of methoxy groups -OCH3 is 1. The Morgan fingerprint density at radius 2 is 1.85 bits per heavy atom. The third-order valence-electron chi connectivity index (χ3n) is 3.42. The summed E-state index contributed by atoms with van der Waals surface area (Å²) < 4.78 is 12.1. The second kappa shape index (κ2) is 8.05. The van der Waals surface area contributed by atoms with Gasteiger partial charge in [-0.1, -0.05) is 0 Å². The third-order valence-corrected chi connectivity index (χ3v) is 10.1. The Kier molecular flexibility index (Phi) is 7.06. The first-order chi connectivity index (χ1) is 9.38. The summed E-state index contributed by atoms with van der Waals surface area (Å²) >= 11 is -2.16. The van der Waals surface area contributed by atoms with Crippen molar-refractivity contribution in [2.24, 2.45) is 5.92 Å². The molecular formula is C16H26O3Sn. The average Bonchev–Trinajstić information content (AvgIpc) is 2.42. The SMILES string of the molecule is C=[C]([C@@H](CO)COCc1ccc(OC)cc1)[Sn]([CH3])([CH3])[CH3]. The minimum atomic E-state index is -2.16. The molecule has 0 aromatic heterocycles. The summed E-state index contributed by atoms with van der Waals surface area (Å²) in [6.45, 7) is 5.39. The van der Waals surface area contributed by atoms with Crippen molar-refractivity contribution in [1.29, 1.82) is 0 Å². The number of benzene rings is 1. The zero-order chi connectivity index (χ0) is 15.2.